The summed E-state index contributed by atoms with van der Waals surface area (Å²) in [7, 11) is 0. The van der Waals surface area contributed by atoms with E-state index in [0.29, 0.717) is 32.4 Å². The standard InChI is InChI=1S/C56H39N/c1-3-11-40(12-4-1)42-19-21-43(22-20-42)44-25-32-51(33-26-44)57(52-34-27-45(28-35-52)50-24-23-41-13-7-8-17-49(41)39-50)53-36-29-48(30-37-53)56-54-18-10-9-16-47(54)31-38-55(56)46-14-5-2-6-15-46/h1-39H/i7D,8D,13D,17D,23D,24D,25D,26D,27D,28D,29D,30D,32D,33D,34D,35D,36D,37D,39D. The van der Waals surface area contributed by atoms with E-state index in [2.05, 4.69) is 0 Å². The van der Waals surface area contributed by atoms with Gasteiger partial charge in [-0.2, -0.15) is 0 Å². The van der Waals surface area contributed by atoms with Gasteiger partial charge in [-0.3, -0.25) is 0 Å². The van der Waals surface area contributed by atoms with Crippen LogP contribution in [0.15, 0.2) is 236 Å². The summed E-state index contributed by atoms with van der Waals surface area (Å²) in [5.41, 5.74) is -0.674. The van der Waals surface area contributed by atoms with Crippen molar-refractivity contribution < 1.29 is 26.0 Å². The summed E-state index contributed by atoms with van der Waals surface area (Å²) >= 11 is 0. The van der Waals surface area contributed by atoms with Crippen LogP contribution in [0.4, 0.5) is 17.1 Å². The van der Waals surface area contributed by atoms with E-state index in [4.69, 9.17) is 8.22 Å². The van der Waals surface area contributed by atoms with Crippen LogP contribution < -0.4 is 4.90 Å². The summed E-state index contributed by atoms with van der Waals surface area (Å²) in [5, 5.41) is 0.276. The fourth-order valence-electron chi connectivity index (χ4n) is 6.75. The molecule has 0 fully saturated rings. The molecular formula is C56H39N. The van der Waals surface area contributed by atoms with E-state index in [-0.39, 0.29) is 16.7 Å². The van der Waals surface area contributed by atoms with Gasteiger partial charge >= 0.3 is 0 Å². The van der Waals surface area contributed by atoms with Gasteiger partial charge in [-0.05, 0) is 119 Å². The van der Waals surface area contributed by atoms with Gasteiger partial charge < -0.3 is 4.90 Å². The van der Waals surface area contributed by atoms with Crippen molar-refractivity contribution in [3.05, 3.63) is 236 Å². The highest BCUT2D eigenvalue weighted by atomic mass is 15.1. The van der Waals surface area contributed by atoms with Gasteiger partial charge in [-0.25, -0.2) is 0 Å². The normalized spacial score (nSPS) is 15.8. The van der Waals surface area contributed by atoms with E-state index in [1.165, 1.54) is 0 Å². The third-order valence-corrected chi connectivity index (χ3v) is 9.55. The second-order valence-electron chi connectivity index (χ2n) is 13.0. The Bertz CT molecular complexity index is 4000. The van der Waals surface area contributed by atoms with Crippen LogP contribution in [0.2, 0.25) is 0 Å². The second kappa shape index (κ2) is 15.0. The zero-order chi connectivity index (χ0) is 54.5. The Morgan fingerprint density at radius 1 is 0.298 bits per heavy atom. The van der Waals surface area contributed by atoms with Crippen molar-refractivity contribution >= 4 is 38.6 Å². The van der Waals surface area contributed by atoms with Crippen LogP contribution in [0, 0.1) is 0 Å². The van der Waals surface area contributed by atoms with Crippen molar-refractivity contribution in [3.63, 3.8) is 0 Å². The molecular weight excluding hydrogens is 687 g/mol. The van der Waals surface area contributed by atoms with Crippen LogP contribution >= 0.6 is 0 Å². The predicted molar refractivity (Wildman–Crippen MR) is 243 cm³/mol. The lowest BCUT2D eigenvalue weighted by molar-refractivity contribution is 1.28. The van der Waals surface area contributed by atoms with E-state index in [9.17, 15) is 17.8 Å². The van der Waals surface area contributed by atoms with Gasteiger partial charge in [0, 0.05) is 17.1 Å². The van der Waals surface area contributed by atoms with Crippen molar-refractivity contribution in [2.75, 3.05) is 4.90 Å². The first-order valence-corrected chi connectivity index (χ1v) is 18.1. The predicted octanol–water partition coefficient (Wildman–Crippen LogP) is 15.8. The van der Waals surface area contributed by atoms with Crippen molar-refractivity contribution in [1.29, 1.82) is 0 Å². The number of fused-ring (bicyclic) bond motifs is 2. The Morgan fingerprint density at radius 2 is 0.772 bits per heavy atom. The average molecular weight is 745 g/mol. The van der Waals surface area contributed by atoms with Crippen LogP contribution in [-0.4, -0.2) is 0 Å². The molecule has 0 amide bonds. The molecule has 0 N–H and O–H groups in total. The first kappa shape index (κ1) is 19.4. The maximum atomic E-state index is 9.81. The molecule has 0 aliphatic heterocycles. The van der Waals surface area contributed by atoms with Crippen molar-refractivity contribution in [2.45, 2.75) is 0 Å². The summed E-state index contributed by atoms with van der Waals surface area (Å²) in [6.45, 7) is 0. The molecule has 0 unspecified atom stereocenters. The van der Waals surface area contributed by atoms with Gasteiger partial charge in [0.15, 0.2) is 0 Å². The Kier molecular flexibility index (Phi) is 5.10. The second-order valence-corrected chi connectivity index (χ2v) is 13.0. The molecule has 57 heavy (non-hydrogen) atoms. The quantitative estimate of drug-likeness (QED) is 0.150. The monoisotopic (exact) mass is 744 g/mol. The largest absolute Gasteiger partial charge is 0.311 e. The molecule has 10 aromatic rings. The first-order chi connectivity index (χ1) is 36.2. The minimum absolute atomic E-state index is 0.162. The van der Waals surface area contributed by atoms with Gasteiger partial charge in [-0.1, -0.05) is 194 Å². The van der Waals surface area contributed by atoms with Gasteiger partial charge in [0.2, 0.25) is 0 Å². The molecule has 0 aliphatic rings. The van der Waals surface area contributed by atoms with E-state index < -0.39 is 154 Å². The number of rotatable bonds is 8. The highest BCUT2D eigenvalue weighted by Crippen LogP contribution is 2.41. The maximum Gasteiger partial charge on any atom is 0.0645 e. The van der Waals surface area contributed by atoms with Gasteiger partial charge in [0.05, 0.1) is 26.0 Å². The smallest absolute Gasteiger partial charge is 0.0645 e. The summed E-state index contributed by atoms with van der Waals surface area (Å²) < 4.78 is 176. The van der Waals surface area contributed by atoms with E-state index >= 15 is 0 Å². The average Bonchev–Trinajstić information content (AvgIpc) is 3.49. The molecule has 0 radical (unpaired) electrons. The lowest BCUT2D eigenvalue weighted by Gasteiger charge is -2.26. The Balaban J connectivity index is 1.29. The van der Waals surface area contributed by atoms with Crippen LogP contribution in [-0.2, 0) is 0 Å². The molecule has 1 nitrogen and oxygen atoms in total. The molecule has 0 heterocycles. The molecule has 0 aliphatic carbocycles. The van der Waals surface area contributed by atoms with E-state index in [1.54, 1.807) is 60.7 Å². The third-order valence-electron chi connectivity index (χ3n) is 9.55. The SMILES string of the molecule is [2H]c1c([2H])c(N(c2c([2H])c([2H])c(-c3c([2H])c([2H])c4c([2H])c([2H])c([2H])c([2H])c4c3[2H])c([2H])c2[2H])c2c([2H])c([2H])c(-c3c(-c4ccccc4)ccc4ccccc34)c([2H])c2[2H])c([2H])c([2H])c1-c1ccc(-c2ccccc2)cc1. The summed E-state index contributed by atoms with van der Waals surface area (Å²) in [6.07, 6.45) is 0. The van der Waals surface area contributed by atoms with E-state index in [0.717, 1.165) is 11.1 Å². The molecule has 10 rings (SSSR count). The Labute approximate surface area is 361 Å². The zero-order valence-corrected chi connectivity index (χ0v) is 30.0. The van der Waals surface area contributed by atoms with Gasteiger partial charge in [-0.15, -0.1) is 0 Å². The Morgan fingerprint density at radius 3 is 1.40 bits per heavy atom. The molecule has 0 saturated heterocycles. The minimum Gasteiger partial charge on any atom is -0.311 e. The molecule has 0 saturated carbocycles. The van der Waals surface area contributed by atoms with Crippen LogP contribution in [0.1, 0.15) is 26.0 Å². The topological polar surface area (TPSA) is 3.24 Å². The highest BCUT2D eigenvalue weighted by Gasteiger charge is 2.16. The Hall–Kier alpha value is -7.48. The molecule has 0 bridgehead atoms. The van der Waals surface area contributed by atoms with Crippen molar-refractivity contribution in [3.8, 4) is 55.6 Å². The van der Waals surface area contributed by atoms with Crippen molar-refractivity contribution in [1.82, 2.24) is 0 Å². The van der Waals surface area contributed by atoms with Crippen LogP contribution in [0.5, 0.6) is 0 Å². The van der Waals surface area contributed by atoms with Crippen LogP contribution in [0.3, 0.4) is 0 Å². The number of hydrogen-bond acceptors (Lipinski definition) is 1. The fraction of sp³-hybridized carbons (Fsp3) is 0. The highest BCUT2D eigenvalue weighted by molar-refractivity contribution is 6.04. The van der Waals surface area contributed by atoms with Crippen LogP contribution in [0.25, 0.3) is 77.2 Å². The number of anilines is 3. The number of nitrogens with zero attached hydrogens (tertiary/aromatic N) is 1. The molecule has 0 spiro atoms. The van der Waals surface area contributed by atoms with Gasteiger partial charge in [0.25, 0.3) is 0 Å². The third kappa shape index (κ3) is 6.77. The molecule has 0 aromatic heterocycles. The maximum absolute atomic E-state index is 9.81. The van der Waals surface area contributed by atoms with Crippen molar-refractivity contribution in [2.24, 2.45) is 0 Å². The lowest BCUT2D eigenvalue weighted by atomic mass is 9.89. The summed E-state index contributed by atoms with van der Waals surface area (Å²) in [5.74, 6) is 0. The number of hydrogen-bond donors (Lipinski definition) is 0. The summed E-state index contributed by atoms with van der Waals surface area (Å²) in [6, 6.07) is 20.6. The van der Waals surface area contributed by atoms with Gasteiger partial charge in [0.1, 0.15) is 0 Å². The fourth-order valence-corrected chi connectivity index (χ4v) is 6.75. The molecule has 10 aromatic carbocycles. The number of benzene rings is 10. The molecule has 268 valence electrons. The minimum atomic E-state index is -1.03. The van der Waals surface area contributed by atoms with E-state index in [1.807, 2.05) is 60.7 Å². The molecule has 0 atom stereocenters. The first-order valence-electron chi connectivity index (χ1n) is 27.6. The molecule has 1 heteroatoms. The summed E-state index contributed by atoms with van der Waals surface area (Å²) in [4.78, 5) is 0.662. The zero-order valence-electron chi connectivity index (χ0n) is 49.0. The lowest BCUT2D eigenvalue weighted by Crippen LogP contribution is -2.09.